The first-order valence-electron chi connectivity index (χ1n) is 20.2. The van der Waals surface area contributed by atoms with Gasteiger partial charge in [0.2, 0.25) is 0 Å². The Bertz CT molecular complexity index is 2990. The highest BCUT2D eigenvalue weighted by Crippen LogP contribution is 2.69. The van der Waals surface area contributed by atoms with Crippen molar-refractivity contribution in [2.45, 2.75) is 37.5 Å². The summed E-state index contributed by atoms with van der Waals surface area (Å²) in [5, 5.41) is 4.99. The lowest BCUT2D eigenvalue weighted by molar-refractivity contribution is -0.0399. The number of thiophene rings is 1. The molecule has 14 rings (SSSR count). The Labute approximate surface area is 324 Å². The van der Waals surface area contributed by atoms with Gasteiger partial charge in [-0.15, -0.1) is 11.3 Å². The van der Waals surface area contributed by atoms with Crippen molar-refractivity contribution in [3.8, 4) is 22.3 Å². The van der Waals surface area contributed by atoms with E-state index in [9.17, 15) is 0 Å². The SMILES string of the molecule is c1ccc2c(c1)-c1ccc(N(c3ccc(-c4cccc5c4oc4ccccc45)cc3)c3ccc4c(c3)sc3ccccc34)cc1C21C2CC3CC(C2)CC1C3. The second kappa shape index (κ2) is 11.2. The molecule has 7 aromatic carbocycles. The number of rotatable bonds is 4. The molecule has 0 aliphatic heterocycles. The van der Waals surface area contributed by atoms with Gasteiger partial charge in [-0.3, -0.25) is 0 Å². The standard InChI is InChI=1S/C52H39NOS/c1-4-13-46-40(8-1)41-22-20-37(29-47(41)52(46)34-25-31-24-32(27-34)28-35(52)26-31)53(38-21-23-44-43-10-3-6-15-49(43)55-50(44)30-38)36-18-16-33(17-19-36)39-11-7-12-45-42-9-2-5-14-48(42)54-51(39)45/h1-23,29-32,34-35H,24-28H2. The van der Waals surface area contributed by atoms with E-state index in [1.165, 1.54) is 74.8 Å². The molecule has 4 fully saturated rings. The van der Waals surface area contributed by atoms with Crippen molar-refractivity contribution in [3.05, 3.63) is 163 Å². The average Bonchev–Trinajstić information content (AvgIpc) is 3.88. The summed E-state index contributed by atoms with van der Waals surface area (Å²) in [6.07, 6.45) is 7.01. The Morgan fingerprint density at radius 2 is 1.11 bits per heavy atom. The Kier molecular flexibility index (Phi) is 6.25. The monoisotopic (exact) mass is 725 g/mol. The van der Waals surface area contributed by atoms with Crippen LogP contribution in [0.2, 0.25) is 0 Å². The topological polar surface area (TPSA) is 16.4 Å². The second-order valence-electron chi connectivity index (χ2n) is 16.9. The van der Waals surface area contributed by atoms with Crippen LogP contribution in [0.15, 0.2) is 156 Å². The predicted molar refractivity (Wildman–Crippen MR) is 230 cm³/mol. The van der Waals surface area contributed by atoms with Crippen molar-refractivity contribution in [1.82, 2.24) is 0 Å². The molecule has 0 radical (unpaired) electrons. The fraction of sp³-hybridized carbons (Fsp3) is 0.192. The second-order valence-corrected chi connectivity index (χ2v) is 18.0. The van der Waals surface area contributed by atoms with E-state index in [1.807, 2.05) is 17.4 Å². The zero-order valence-corrected chi connectivity index (χ0v) is 31.4. The van der Waals surface area contributed by atoms with E-state index in [-0.39, 0.29) is 5.41 Å². The Morgan fingerprint density at radius 1 is 0.473 bits per heavy atom. The van der Waals surface area contributed by atoms with E-state index in [0.717, 1.165) is 62.4 Å². The number of benzene rings is 7. The predicted octanol–water partition coefficient (Wildman–Crippen LogP) is 14.8. The molecule has 9 aromatic rings. The molecular formula is C52H39NOS. The summed E-state index contributed by atoms with van der Waals surface area (Å²) < 4.78 is 9.14. The maximum Gasteiger partial charge on any atom is 0.143 e. The zero-order valence-electron chi connectivity index (χ0n) is 30.5. The number of para-hydroxylation sites is 2. The first-order valence-corrected chi connectivity index (χ1v) is 21.0. The van der Waals surface area contributed by atoms with Gasteiger partial charge in [-0.25, -0.2) is 0 Å². The van der Waals surface area contributed by atoms with Crippen molar-refractivity contribution in [2.24, 2.45) is 23.7 Å². The van der Waals surface area contributed by atoms with Crippen LogP contribution in [-0.2, 0) is 5.41 Å². The van der Waals surface area contributed by atoms with Gasteiger partial charge >= 0.3 is 0 Å². The highest BCUT2D eigenvalue weighted by atomic mass is 32.1. The van der Waals surface area contributed by atoms with E-state index < -0.39 is 0 Å². The number of hydrogen-bond acceptors (Lipinski definition) is 3. The summed E-state index contributed by atoms with van der Waals surface area (Å²) in [6.45, 7) is 0. The molecule has 2 heterocycles. The van der Waals surface area contributed by atoms with Crippen molar-refractivity contribution < 1.29 is 4.42 Å². The van der Waals surface area contributed by atoms with Crippen LogP contribution in [0.1, 0.15) is 43.2 Å². The van der Waals surface area contributed by atoms with Crippen molar-refractivity contribution in [1.29, 1.82) is 0 Å². The van der Waals surface area contributed by atoms with Gasteiger partial charge in [-0.05, 0) is 132 Å². The molecule has 0 unspecified atom stereocenters. The van der Waals surface area contributed by atoms with Crippen LogP contribution in [0.3, 0.4) is 0 Å². The average molecular weight is 726 g/mol. The summed E-state index contributed by atoms with van der Waals surface area (Å²) in [5.74, 6) is 3.29. The maximum absolute atomic E-state index is 6.48. The highest BCUT2D eigenvalue weighted by Gasteiger charge is 2.61. The Morgan fingerprint density at radius 3 is 1.96 bits per heavy atom. The smallest absolute Gasteiger partial charge is 0.143 e. The van der Waals surface area contributed by atoms with Crippen LogP contribution < -0.4 is 4.90 Å². The van der Waals surface area contributed by atoms with Crippen LogP contribution in [0, 0.1) is 23.7 Å². The molecule has 2 nitrogen and oxygen atoms in total. The van der Waals surface area contributed by atoms with Crippen LogP contribution in [0.4, 0.5) is 17.1 Å². The zero-order chi connectivity index (χ0) is 35.8. The molecule has 264 valence electrons. The highest BCUT2D eigenvalue weighted by molar-refractivity contribution is 7.25. The number of furan rings is 1. The Balaban J connectivity index is 0.994. The normalized spacial score (nSPS) is 23.3. The third kappa shape index (κ3) is 4.20. The molecule has 1 spiro atoms. The van der Waals surface area contributed by atoms with Crippen LogP contribution in [-0.4, -0.2) is 0 Å². The van der Waals surface area contributed by atoms with E-state index in [1.54, 1.807) is 11.1 Å². The van der Waals surface area contributed by atoms with E-state index in [4.69, 9.17) is 4.42 Å². The van der Waals surface area contributed by atoms with Gasteiger partial charge in [0.15, 0.2) is 0 Å². The van der Waals surface area contributed by atoms with Crippen molar-refractivity contribution in [2.75, 3.05) is 4.90 Å². The summed E-state index contributed by atoms with van der Waals surface area (Å²) in [7, 11) is 0. The number of fused-ring (bicyclic) bond motifs is 9. The molecular weight excluding hydrogens is 687 g/mol. The summed E-state index contributed by atoms with van der Waals surface area (Å²) in [6, 6.07) is 56.9. The molecule has 5 aliphatic carbocycles. The fourth-order valence-electron chi connectivity index (χ4n) is 12.3. The van der Waals surface area contributed by atoms with E-state index in [2.05, 4.69) is 150 Å². The van der Waals surface area contributed by atoms with Gasteiger partial charge in [0.1, 0.15) is 11.2 Å². The van der Waals surface area contributed by atoms with Crippen LogP contribution in [0.5, 0.6) is 0 Å². The quantitative estimate of drug-likeness (QED) is 0.180. The van der Waals surface area contributed by atoms with Gasteiger partial charge in [0.05, 0.1) is 0 Å². The molecule has 0 saturated heterocycles. The molecule has 0 N–H and O–H groups in total. The third-order valence-corrected chi connectivity index (χ3v) is 15.4. The Hall–Kier alpha value is -5.64. The van der Waals surface area contributed by atoms with Gasteiger partial charge in [-0.1, -0.05) is 103 Å². The molecule has 0 atom stereocenters. The first kappa shape index (κ1) is 30.7. The van der Waals surface area contributed by atoms with Gasteiger partial charge in [0, 0.05) is 59.0 Å². The largest absolute Gasteiger partial charge is 0.455 e. The molecule has 3 heteroatoms. The van der Waals surface area contributed by atoms with E-state index in [0.29, 0.717) is 0 Å². The summed E-state index contributed by atoms with van der Waals surface area (Å²) in [5.41, 5.74) is 14.0. The van der Waals surface area contributed by atoms with Gasteiger partial charge in [-0.2, -0.15) is 0 Å². The molecule has 55 heavy (non-hydrogen) atoms. The lowest BCUT2D eigenvalue weighted by atomic mass is 9.43. The molecule has 2 aromatic heterocycles. The summed E-state index contributed by atoms with van der Waals surface area (Å²) in [4.78, 5) is 2.52. The lowest BCUT2D eigenvalue weighted by Crippen LogP contribution is -2.55. The van der Waals surface area contributed by atoms with Gasteiger partial charge in [0.25, 0.3) is 0 Å². The van der Waals surface area contributed by atoms with Crippen molar-refractivity contribution in [3.63, 3.8) is 0 Å². The molecule has 4 bridgehead atoms. The number of anilines is 3. The van der Waals surface area contributed by atoms with E-state index >= 15 is 0 Å². The fourth-order valence-corrected chi connectivity index (χ4v) is 13.5. The maximum atomic E-state index is 6.48. The third-order valence-electron chi connectivity index (χ3n) is 14.3. The number of hydrogen-bond donors (Lipinski definition) is 0. The minimum absolute atomic E-state index is 0.117. The lowest BCUT2D eigenvalue weighted by Gasteiger charge is -2.61. The first-order chi connectivity index (χ1) is 27.2. The molecule has 0 amide bonds. The van der Waals surface area contributed by atoms with Crippen LogP contribution in [0.25, 0.3) is 64.4 Å². The van der Waals surface area contributed by atoms with Gasteiger partial charge < -0.3 is 9.32 Å². The van der Waals surface area contributed by atoms with Crippen LogP contribution >= 0.6 is 11.3 Å². The molecule has 5 aliphatic rings. The molecule has 4 saturated carbocycles. The number of nitrogens with zero attached hydrogens (tertiary/aromatic N) is 1. The minimum atomic E-state index is 0.117. The summed E-state index contributed by atoms with van der Waals surface area (Å²) >= 11 is 1.89. The van der Waals surface area contributed by atoms with Crippen molar-refractivity contribution >= 4 is 70.5 Å². The minimum Gasteiger partial charge on any atom is -0.455 e.